The molecule has 0 saturated heterocycles. The number of nitrogens with zero attached hydrogens (tertiary/aromatic N) is 1. The first-order chi connectivity index (χ1) is 11.8. The number of rotatable bonds is 4. The van der Waals surface area contributed by atoms with Gasteiger partial charge >= 0.3 is 0 Å². The number of amides is 1. The predicted octanol–water partition coefficient (Wildman–Crippen LogP) is 3.84. The van der Waals surface area contributed by atoms with E-state index in [1.807, 2.05) is 36.4 Å². The van der Waals surface area contributed by atoms with Crippen molar-refractivity contribution in [3.63, 3.8) is 0 Å². The van der Waals surface area contributed by atoms with Crippen LogP contribution in [0.1, 0.15) is 11.1 Å². The zero-order valence-corrected chi connectivity index (χ0v) is 13.0. The highest BCUT2D eigenvalue weighted by Crippen LogP contribution is 2.30. The Labute approximate surface area is 139 Å². The molecule has 2 aromatic carbocycles. The van der Waals surface area contributed by atoms with Gasteiger partial charge in [-0.25, -0.2) is 0 Å². The molecule has 0 spiro atoms. The van der Waals surface area contributed by atoms with Crippen molar-refractivity contribution in [1.82, 2.24) is 10.3 Å². The highest BCUT2D eigenvalue weighted by atomic mass is 16.3. The Bertz CT molecular complexity index is 1010. The van der Waals surface area contributed by atoms with Crippen LogP contribution < -0.4 is 5.32 Å². The Balaban J connectivity index is 1.58. The Morgan fingerprint density at radius 2 is 1.88 bits per heavy atom. The van der Waals surface area contributed by atoms with E-state index in [-0.39, 0.29) is 5.91 Å². The smallest absolute Gasteiger partial charge is 0.224 e. The van der Waals surface area contributed by atoms with Gasteiger partial charge in [0.25, 0.3) is 0 Å². The van der Waals surface area contributed by atoms with Gasteiger partial charge in [-0.1, -0.05) is 30.3 Å². The van der Waals surface area contributed by atoms with Crippen LogP contribution in [0.25, 0.3) is 21.7 Å². The summed E-state index contributed by atoms with van der Waals surface area (Å²) in [5.41, 5.74) is 2.75. The second-order valence-corrected chi connectivity index (χ2v) is 5.73. The highest BCUT2D eigenvalue weighted by molar-refractivity contribution is 6.08. The predicted molar refractivity (Wildman–Crippen MR) is 93.5 cm³/mol. The molecule has 24 heavy (non-hydrogen) atoms. The van der Waals surface area contributed by atoms with Gasteiger partial charge in [-0.2, -0.15) is 0 Å². The third-order valence-electron chi connectivity index (χ3n) is 4.13. The molecule has 4 heteroatoms. The molecule has 0 bridgehead atoms. The van der Waals surface area contributed by atoms with Crippen LogP contribution in [0.5, 0.6) is 0 Å². The summed E-state index contributed by atoms with van der Waals surface area (Å²) in [6, 6.07) is 15.9. The molecule has 4 rings (SSSR count). The molecule has 118 valence electrons. The lowest BCUT2D eigenvalue weighted by molar-refractivity contribution is -0.120. The van der Waals surface area contributed by atoms with Crippen molar-refractivity contribution in [1.29, 1.82) is 0 Å². The number of aromatic nitrogens is 1. The summed E-state index contributed by atoms with van der Waals surface area (Å²) in [6.45, 7) is 0.498. The third kappa shape index (κ3) is 2.74. The third-order valence-corrected chi connectivity index (χ3v) is 4.13. The zero-order valence-electron chi connectivity index (χ0n) is 13.0. The fourth-order valence-corrected chi connectivity index (χ4v) is 2.94. The monoisotopic (exact) mass is 316 g/mol. The first-order valence-corrected chi connectivity index (χ1v) is 7.85. The molecule has 0 aliphatic heterocycles. The molecule has 0 atom stereocenters. The molecular weight excluding hydrogens is 300 g/mol. The van der Waals surface area contributed by atoms with Crippen LogP contribution in [-0.2, 0) is 17.8 Å². The molecular formula is C20H16N2O2. The summed E-state index contributed by atoms with van der Waals surface area (Å²) in [6.07, 6.45) is 5.42. The first kappa shape index (κ1) is 14.5. The molecule has 0 unspecified atom stereocenters. The summed E-state index contributed by atoms with van der Waals surface area (Å²) in [4.78, 5) is 16.3. The summed E-state index contributed by atoms with van der Waals surface area (Å²) in [5, 5.41) is 6.22. The summed E-state index contributed by atoms with van der Waals surface area (Å²) in [7, 11) is 0. The molecule has 1 N–H and O–H groups in total. The maximum absolute atomic E-state index is 12.3. The van der Waals surface area contributed by atoms with Crippen molar-refractivity contribution in [2.75, 3.05) is 0 Å². The molecule has 1 amide bonds. The standard InChI is InChI=1S/C20H16N2O2/c23-19(22-12-14-7-9-21-10-8-14)11-16-13-24-18-6-5-15-3-1-2-4-17(15)20(16)18/h1-10,13H,11-12H2,(H,22,23). The van der Waals surface area contributed by atoms with Crippen molar-refractivity contribution < 1.29 is 9.21 Å². The number of carbonyl (C=O) groups excluding carboxylic acids is 1. The Hall–Kier alpha value is -3.14. The lowest BCUT2D eigenvalue weighted by atomic mass is 10.0. The van der Waals surface area contributed by atoms with Crippen LogP contribution in [0.15, 0.2) is 71.6 Å². The quantitative estimate of drug-likeness (QED) is 0.622. The van der Waals surface area contributed by atoms with Crippen LogP contribution in [0.2, 0.25) is 0 Å². The molecule has 0 radical (unpaired) electrons. The van der Waals surface area contributed by atoms with Gasteiger partial charge < -0.3 is 9.73 Å². The second-order valence-electron chi connectivity index (χ2n) is 5.73. The average Bonchev–Trinajstić information content (AvgIpc) is 3.04. The lowest BCUT2D eigenvalue weighted by Gasteiger charge is -2.05. The Morgan fingerprint density at radius 3 is 2.75 bits per heavy atom. The maximum Gasteiger partial charge on any atom is 0.224 e. The van der Waals surface area contributed by atoms with Crippen molar-refractivity contribution in [3.05, 3.63) is 78.3 Å². The van der Waals surface area contributed by atoms with Gasteiger partial charge in [0.1, 0.15) is 5.58 Å². The first-order valence-electron chi connectivity index (χ1n) is 7.85. The SMILES string of the molecule is O=C(Cc1coc2ccc3ccccc3c12)NCc1ccncc1. The average molecular weight is 316 g/mol. The van der Waals surface area contributed by atoms with Crippen LogP contribution in [0.3, 0.4) is 0 Å². The van der Waals surface area contributed by atoms with Crippen molar-refractivity contribution in [2.24, 2.45) is 0 Å². The van der Waals surface area contributed by atoms with Gasteiger partial charge in [-0.3, -0.25) is 9.78 Å². The van der Waals surface area contributed by atoms with Gasteiger partial charge in [-0.05, 0) is 34.5 Å². The fraction of sp³-hybridized carbons (Fsp3) is 0.100. The number of carbonyl (C=O) groups is 1. The maximum atomic E-state index is 12.3. The van der Waals surface area contributed by atoms with E-state index in [2.05, 4.69) is 22.4 Å². The second kappa shape index (κ2) is 6.16. The van der Waals surface area contributed by atoms with E-state index < -0.39 is 0 Å². The number of pyridine rings is 1. The lowest BCUT2D eigenvalue weighted by Crippen LogP contribution is -2.24. The van der Waals surface area contributed by atoms with Gasteiger partial charge in [0.2, 0.25) is 5.91 Å². The van der Waals surface area contributed by atoms with Crippen LogP contribution >= 0.6 is 0 Å². The van der Waals surface area contributed by atoms with E-state index in [0.29, 0.717) is 13.0 Å². The number of furan rings is 1. The largest absolute Gasteiger partial charge is 0.464 e. The van der Waals surface area contributed by atoms with E-state index in [0.717, 1.165) is 32.9 Å². The number of hydrogen-bond donors (Lipinski definition) is 1. The van der Waals surface area contributed by atoms with Crippen molar-refractivity contribution in [3.8, 4) is 0 Å². The molecule has 4 nitrogen and oxygen atoms in total. The van der Waals surface area contributed by atoms with Crippen molar-refractivity contribution >= 4 is 27.6 Å². The number of benzene rings is 2. The van der Waals surface area contributed by atoms with E-state index in [1.165, 1.54) is 0 Å². The van der Waals surface area contributed by atoms with Gasteiger partial charge in [0.15, 0.2) is 0 Å². The highest BCUT2D eigenvalue weighted by Gasteiger charge is 2.13. The van der Waals surface area contributed by atoms with E-state index >= 15 is 0 Å². The minimum absolute atomic E-state index is 0.0255. The molecule has 0 saturated carbocycles. The zero-order chi connectivity index (χ0) is 16.4. The molecule has 2 aromatic heterocycles. The topological polar surface area (TPSA) is 55.1 Å². The van der Waals surface area contributed by atoms with E-state index in [4.69, 9.17) is 4.42 Å². The minimum atomic E-state index is -0.0255. The van der Waals surface area contributed by atoms with Crippen LogP contribution in [0, 0.1) is 0 Å². The van der Waals surface area contributed by atoms with Crippen LogP contribution in [-0.4, -0.2) is 10.9 Å². The number of nitrogens with one attached hydrogen (secondary N) is 1. The summed E-state index contributed by atoms with van der Waals surface area (Å²) in [5.74, 6) is -0.0255. The van der Waals surface area contributed by atoms with Gasteiger partial charge in [0, 0.05) is 29.9 Å². The fourth-order valence-electron chi connectivity index (χ4n) is 2.94. The number of hydrogen-bond acceptors (Lipinski definition) is 3. The van der Waals surface area contributed by atoms with E-state index in [1.54, 1.807) is 18.7 Å². The molecule has 2 heterocycles. The minimum Gasteiger partial charge on any atom is -0.464 e. The molecule has 0 aliphatic rings. The van der Waals surface area contributed by atoms with Crippen molar-refractivity contribution in [2.45, 2.75) is 13.0 Å². The summed E-state index contributed by atoms with van der Waals surface area (Å²) >= 11 is 0. The van der Waals surface area contributed by atoms with Crippen LogP contribution in [0.4, 0.5) is 0 Å². The molecule has 0 fully saturated rings. The summed E-state index contributed by atoms with van der Waals surface area (Å²) < 4.78 is 5.63. The Kier molecular flexibility index (Phi) is 3.71. The Morgan fingerprint density at radius 1 is 1.04 bits per heavy atom. The molecule has 0 aliphatic carbocycles. The normalized spacial score (nSPS) is 11.0. The van der Waals surface area contributed by atoms with Gasteiger partial charge in [-0.15, -0.1) is 0 Å². The molecule has 4 aromatic rings. The number of fused-ring (bicyclic) bond motifs is 3. The van der Waals surface area contributed by atoms with E-state index in [9.17, 15) is 4.79 Å². The van der Waals surface area contributed by atoms with Gasteiger partial charge in [0.05, 0.1) is 12.7 Å².